The molecule has 5 heteroatoms. The minimum atomic E-state index is -1.13. The molecule has 0 saturated carbocycles. The molecule has 92 valence electrons. The zero-order chi connectivity index (χ0) is 13.0. The second kappa shape index (κ2) is 5.27. The molecule has 2 N–H and O–H groups in total. The standard InChI is InChI=1S/C13H13N3O2/c1-9-2-4-10(5-3-9)8-15-11-6-7-14-12(16-11)13(17)18/h2-7H,8H2,1H3,(H,17,18)(H,14,15,16). The average molecular weight is 243 g/mol. The van der Waals surface area contributed by atoms with Gasteiger partial charge in [0.2, 0.25) is 5.82 Å². The van der Waals surface area contributed by atoms with Crippen LogP contribution in [-0.4, -0.2) is 21.0 Å². The first-order valence-electron chi connectivity index (χ1n) is 5.51. The quantitative estimate of drug-likeness (QED) is 0.860. The first-order valence-corrected chi connectivity index (χ1v) is 5.51. The van der Waals surface area contributed by atoms with Crippen LogP contribution < -0.4 is 5.32 Å². The first kappa shape index (κ1) is 12.0. The van der Waals surface area contributed by atoms with E-state index in [2.05, 4.69) is 15.3 Å². The van der Waals surface area contributed by atoms with Crippen molar-refractivity contribution in [3.8, 4) is 0 Å². The molecule has 1 aromatic heterocycles. The highest BCUT2D eigenvalue weighted by molar-refractivity contribution is 5.83. The summed E-state index contributed by atoms with van der Waals surface area (Å²) in [5.41, 5.74) is 2.31. The van der Waals surface area contributed by atoms with Crippen LogP contribution in [0.5, 0.6) is 0 Å². The van der Waals surface area contributed by atoms with Crippen molar-refractivity contribution in [2.45, 2.75) is 13.5 Å². The van der Waals surface area contributed by atoms with Crippen LogP contribution in [0.1, 0.15) is 21.7 Å². The number of carbonyl (C=O) groups is 1. The number of aromatic nitrogens is 2. The van der Waals surface area contributed by atoms with Crippen molar-refractivity contribution < 1.29 is 9.90 Å². The number of aromatic carboxylic acids is 1. The van der Waals surface area contributed by atoms with Gasteiger partial charge in [0, 0.05) is 12.7 Å². The molecule has 0 aliphatic rings. The molecule has 0 aliphatic heterocycles. The van der Waals surface area contributed by atoms with Crippen molar-refractivity contribution in [1.29, 1.82) is 0 Å². The molecular formula is C13H13N3O2. The summed E-state index contributed by atoms with van der Waals surface area (Å²) in [7, 11) is 0. The molecule has 0 spiro atoms. The minimum Gasteiger partial charge on any atom is -0.475 e. The monoisotopic (exact) mass is 243 g/mol. The molecule has 1 aromatic carbocycles. The Labute approximate surface area is 105 Å². The molecule has 0 unspecified atom stereocenters. The summed E-state index contributed by atoms with van der Waals surface area (Å²) in [5, 5.41) is 11.8. The third kappa shape index (κ3) is 3.04. The van der Waals surface area contributed by atoms with Gasteiger partial charge in [0.05, 0.1) is 0 Å². The molecule has 0 bridgehead atoms. The Balaban J connectivity index is 2.04. The van der Waals surface area contributed by atoms with E-state index in [1.165, 1.54) is 11.8 Å². The summed E-state index contributed by atoms with van der Waals surface area (Å²) < 4.78 is 0. The predicted octanol–water partition coefficient (Wildman–Crippen LogP) is 2.10. The minimum absolute atomic E-state index is 0.205. The molecular weight excluding hydrogens is 230 g/mol. The number of carboxylic acids is 1. The Kier molecular flexibility index (Phi) is 3.52. The van der Waals surface area contributed by atoms with Crippen LogP contribution in [0.15, 0.2) is 36.5 Å². The summed E-state index contributed by atoms with van der Waals surface area (Å²) in [4.78, 5) is 18.3. The van der Waals surface area contributed by atoms with Gasteiger partial charge in [0.25, 0.3) is 0 Å². The van der Waals surface area contributed by atoms with Crippen molar-refractivity contribution in [2.75, 3.05) is 5.32 Å². The van der Waals surface area contributed by atoms with E-state index in [0.29, 0.717) is 12.4 Å². The molecule has 0 radical (unpaired) electrons. The lowest BCUT2D eigenvalue weighted by atomic mass is 10.1. The Hall–Kier alpha value is -2.43. The Morgan fingerprint density at radius 1 is 1.28 bits per heavy atom. The fourth-order valence-electron chi connectivity index (χ4n) is 1.46. The van der Waals surface area contributed by atoms with E-state index in [1.54, 1.807) is 6.07 Å². The maximum atomic E-state index is 10.7. The van der Waals surface area contributed by atoms with Crippen LogP contribution in [0.4, 0.5) is 5.82 Å². The van der Waals surface area contributed by atoms with Crippen molar-refractivity contribution in [1.82, 2.24) is 9.97 Å². The fraction of sp³-hybridized carbons (Fsp3) is 0.154. The van der Waals surface area contributed by atoms with Gasteiger partial charge in [-0.2, -0.15) is 0 Å². The lowest BCUT2D eigenvalue weighted by Gasteiger charge is -2.06. The summed E-state index contributed by atoms with van der Waals surface area (Å²) in [6.07, 6.45) is 1.42. The van der Waals surface area contributed by atoms with E-state index in [9.17, 15) is 4.79 Å². The van der Waals surface area contributed by atoms with E-state index < -0.39 is 5.97 Å². The molecule has 2 aromatic rings. The highest BCUT2D eigenvalue weighted by Crippen LogP contribution is 2.07. The van der Waals surface area contributed by atoms with Gasteiger partial charge < -0.3 is 10.4 Å². The molecule has 0 saturated heterocycles. The highest BCUT2D eigenvalue weighted by Gasteiger charge is 2.06. The zero-order valence-electron chi connectivity index (χ0n) is 9.92. The van der Waals surface area contributed by atoms with E-state index >= 15 is 0 Å². The maximum absolute atomic E-state index is 10.7. The second-order valence-corrected chi connectivity index (χ2v) is 3.91. The lowest BCUT2D eigenvalue weighted by Crippen LogP contribution is -2.07. The Morgan fingerprint density at radius 3 is 2.67 bits per heavy atom. The molecule has 0 aliphatic carbocycles. The normalized spacial score (nSPS) is 10.1. The number of aryl methyl sites for hydroxylation is 1. The molecule has 18 heavy (non-hydrogen) atoms. The van der Waals surface area contributed by atoms with Crippen molar-refractivity contribution >= 4 is 11.8 Å². The van der Waals surface area contributed by atoms with Crippen LogP contribution in [0.2, 0.25) is 0 Å². The third-order valence-corrected chi connectivity index (χ3v) is 2.44. The van der Waals surface area contributed by atoms with E-state index in [1.807, 2.05) is 31.2 Å². The van der Waals surface area contributed by atoms with Crippen LogP contribution in [-0.2, 0) is 6.54 Å². The number of hydrogen-bond donors (Lipinski definition) is 2. The molecule has 1 heterocycles. The highest BCUT2D eigenvalue weighted by atomic mass is 16.4. The maximum Gasteiger partial charge on any atom is 0.374 e. The summed E-state index contributed by atoms with van der Waals surface area (Å²) in [6, 6.07) is 9.73. The first-order chi connectivity index (χ1) is 8.65. The third-order valence-electron chi connectivity index (χ3n) is 2.44. The van der Waals surface area contributed by atoms with Crippen LogP contribution in [0, 0.1) is 6.92 Å². The predicted molar refractivity (Wildman–Crippen MR) is 67.5 cm³/mol. The number of benzene rings is 1. The molecule has 0 amide bonds. The summed E-state index contributed by atoms with van der Waals surface area (Å²) in [6.45, 7) is 2.62. The van der Waals surface area contributed by atoms with Gasteiger partial charge in [-0.3, -0.25) is 0 Å². The molecule has 2 rings (SSSR count). The van der Waals surface area contributed by atoms with Gasteiger partial charge in [-0.25, -0.2) is 14.8 Å². The molecule has 0 atom stereocenters. The smallest absolute Gasteiger partial charge is 0.374 e. The zero-order valence-corrected chi connectivity index (χ0v) is 9.92. The number of anilines is 1. The van der Waals surface area contributed by atoms with E-state index in [4.69, 9.17) is 5.11 Å². The molecule has 5 nitrogen and oxygen atoms in total. The average Bonchev–Trinajstić information content (AvgIpc) is 2.38. The van der Waals surface area contributed by atoms with Crippen molar-refractivity contribution in [3.63, 3.8) is 0 Å². The van der Waals surface area contributed by atoms with Crippen LogP contribution >= 0.6 is 0 Å². The van der Waals surface area contributed by atoms with E-state index in [0.717, 1.165) is 5.56 Å². The fourth-order valence-corrected chi connectivity index (χ4v) is 1.46. The topological polar surface area (TPSA) is 75.1 Å². The number of carboxylic acid groups (broad SMARTS) is 1. The Morgan fingerprint density at radius 2 is 2.00 bits per heavy atom. The largest absolute Gasteiger partial charge is 0.475 e. The van der Waals surface area contributed by atoms with Crippen molar-refractivity contribution in [3.05, 3.63) is 53.5 Å². The number of hydrogen-bond acceptors (Lipinski definition) is 4. The van der Waals surface area contributed by atoms with Gasteiger partial charge in [0.15, 0.2) is 0 Å². The summed E-state index contributed by atoms with van der Waals surface area (Å²) in [5.74, 6) is -0.833. The Bertz CT molecular complexity index is 552. The number of nitrogens with one attached hydrogen (secondary N) is 1. The van der Waals surface area contributed by atoms with Gasteiger partial charge in [-0.1, -0.05) is 29.8 Å². The lowest BCUT2D eigenvalue weighted by molar-refractivity contribution is 0.0683. The van der Waals surface area contributed by atoms with Crippen LogP contribution in [0.3, 0.4) is 0 Å². The number of nitrogens with zero attached hydrogens (tertiary/aromatic N) is 2. The number of rotatable bonds is 4. The van der Waals surface area contributed by atoms with Gasteiger partial charge >= 0.3 is 5.97 Å². The van der Waals surface area contributed by atoms with Gasteiger partial charge in [-0.15, -0.1) is 0 Å². The van der Waals surface area contributed by atoms with Gasteiger partial charge in [-0.05, 0) is 18.6 Å². The van der Waals surface area contributed by atoms with Crippen LogP contribution in [0.25, 0.3) is 0 Å². The van der Waals surface area contributed by atoms with Gasteiger partial charge in [0.1, 0.15) is 5.82 Å². The van der Waals surface area contributed by atoms with E-state index in [-0.39, 0.29) is 5.82 Å². The summed E-state index contributed by atoms with van der Waals surface area (Å²) >= 11 is 0. The molecule has 0 fully saturated rings. The second-order valence-electron chi connectivity index (χ2n) is 3.91. The van der Waals surface area contributed by atoms with Crippen molar-refractivity contribution in [2.24, 2.45) is 0 Å². The SMILES string of the molecule is Cc1ccc(CNc2ccnc(C(=O)O)n2)cc1.